The van der Waals surface area contributed by atoms with Gasteiger partial charge in [-0.25, -0.2) is 9.78 Å². The van der Waals surface area contributed by atoms with Gasteiger partial charge in [-0.15, -0.1) is 0 Å². The molecule has 3 N–H and O–H groups in total. The lowest BCUT2D eigenvalue weighted by Gasteiger charge is -2.10. The molecule has 6 heteroatoms. The average Bonchev–Trinajstić information content (AvgIpc) is 3.38. The van der Waals surface area contributed by atoms with Crippen molar-refractivity contribution in [1.82, 2.24) is 10.3 Å². The van der Waals surface area contributed by atoms with Gasteiger partial charge < -0.3 is 20.7 Å². The number of carbonyl (C=O) groups is 1. The number of benzene rings is 1. The number of para-hydroxylation sites is 1. The zero-order chi connectivity index (χ0) is 16.1. The minimum absolute atomic E-state index is 0.177. The third-order valence-electron chi connectivity index (χ3n) is 3.59. The average molecular weight is 312 g/mol. The highest BCUT2D eigenvalue weighted by atomic mass is 16.5. The zero-order valence-corrected chi connectivity index (χ0v) is 13.0. The van der Waals surface area contributed by atoms with Crippen molar-refractivity contribution in [1.29, 1.82) is 0 Å². The fourth-order valence-corrected chi connectivity index (χ4v) is 2.19. The van der Waals surface area contributed by atoms with E-state index in [1.54, 1.807) is 13.3 Å². The molecule has 0 aliphatic heterocycles. The number of amides is 2. The monoisotopic (exact) mass is 312 g/mol. The molecule has 1 heterocycles. The number of anilines is 2. The van der Waals surface area contributed by atoms with E-state index in [-0.39, 0.29) is 6.03 Å². The summed E-state index contributed by atoms with van der Waals surface area (Å²) in [4.78, 5) is 16.0. The number of pyridine rings is 1. The maximum absolute atomic E-state index is 11.6. The molecule has 1 aromatic carbocycles. The van der Waals surface area contributed by atoms with E-state index in [9.17, 15) is 4.79 Å². The molecule has 1 aliphatic rings. The van der Waals surface area contributed by atoms with E-state index in [1.165, 1.54) is 0 Å². The van der Waals surface area contributed by atoms with E-state index in [1.807, 2.05) is 36.4 Å². The molecule has 120 valence electrons. The highest BCUT2D eigenvalue weighted by molar-refractivity contribution is 5.89. The summed E-state index contributed by atoms with van der Waals surface area (Å²) in [6.45, 7) is 0.617. The van der Waals surface area contributed by atoms with Crippen LogP contribution < -0.4 is 20.7 Å². The smallest absolute Gasteiger partial charge is 0.319 e. The van der Waals surface area contributed by atoms with Crippen LogP contribution in [0.15, 0.2) is 42.6 Å². The van der Waals surface area contributed by atoms with Gasteiger partial charge in [-0.2, -0.15) is 0 Å². The third kappa shape index (κ3) is 4.35. The largest absolute Gasteiger partial charge is 0.496 e. The molecule has 0 radical (unpaired) electrons. The number of urea groups is 1. The lowest BCUT2D eigenvalue weighted by molar-refractivity contribution is 0.251. The summed E-state index contributed by atoms with van der Waals surface area (Å²) >= 11 is 0. The Labute approximate surface area is 135 Å². The van der Waals surface area contributed by atoms with Crippen LogP contribution in [0, 0.1) is 0 Å². The van der Waals surface area contributed by atoms with Crippen LogP contribution in [0.25, 0.3) is 0 Å². The van der Waals surface area contributed by atoms with E-state index in [0.29, 0.717) is 18.3 Å². The fourth-order valence-electron chi connectivity index (χ4n) is 2.19. The molecule has 2 amide bonds. The van der Waals surface area contributed by atoms with Gasteiger partial charge in [0.2, 0.25) is 0 Å². The maximum atomic E-state index is 11.6. The van der Waals surface area contributed by atoms with Crippen molar-refractivity contribution in [2.24, 2.45) is 0 Å². The summed E-state index contributed by atoms with van der Waals surface area (Å²) < 4.78 is 5.32. The van der Waals surface area contributed by atoms with Crippen LogP contribution in [-0.2, 0) is 6.54 Å². The maximum Gasteiger partial charge on any atom is 0.319 e. The number of rotatable bonds is 6. The Morgan fingerprint density at radius 3 is 2.78 bits per heavy atom. The first kappa shape index (κ1) is 15.1. The van der Waals surface area contributed by atoms with Crippen LogP contribution in [0.3, 0.4) is 0 Å². The van der Waals surface area contributed by atoms with Gasteiger partial charge in [0.05, 0.1) is 19.0 Å². The molecule has 1 saturated carbocycles. The highest BCUT2D eigenvalue weighted by Gasteiger charge is 2.23. The van der Waals surface area contributed by atoms with Crippen molar-refractivity contribution in [2.45, 2.75) is 25.4 Å². The Hall–Kier alpha value is -2.76. The minimum atomic E-state index is -0.177. The van der Waals surface area contributed by atoms with E-state index >= 15 is 0 Å². The molecule has 1 aliphatic carbocycles. The van der Waals surface area contributed by atoms with Gasteiger partial charge >= 0.3 is 6.03 Å². The Bertz CT molecular complexity index is 669. The van der Waals surface area contributed by atoms with E-state index < -0.39 is 0 Å². The first-order valence-electron chi connectivity index (χ1n) is 7.64. The molecule has 0 spiro atoms. The molecule has 0 bridgehead atoms. The van der Waals surface area contributed by atoms with Gasteiger partial charge in [0.25, 0.3) is 0 Å². The molecule has 2 aromatic rings. The minimum Gasteiger partial charge on any atom is -0.496 e. The molecule has 23 heavy (non-hydrogen) atoms. The number of hydrogen-bond acceptors (Lipinski definition) is 4. The number of nitrogens with zero attached hydrogens (tertiary/aromatic N) is 1. The van der Waals surface area contributed by atoms with Crippen LogP contribution in [-0.4, -0.2) is 24.2 Å². The standard InChI is InChI=1S/C17H20N4O2/c1-23-15-5-3-2-4-12(15)10-18-16-9-8-14(11-19-16)21-17(22)20-13-6-7-13/h2-5,8-9,11,13H,6-7,10H2,1H3,(H,18,19)(H2,20,21,22). The number of carbonyl (C=O) groups excluding carboxylic acids is 1. The summed E-state index contributed by atoms with van der Waals surface area (Å²) in [6.07, 6.45) is 3.77. The second-order valence-corrected chi connectivity index (χ2v) is 5.47. The SMILES string of the molecule is COc1ccccc1CNc1ccc(NC(=O)NC2CC2)cn1. The highest BCUT2D eigenvalue weighted by Crippen LogP contribution is 2.20. The van der Waals surface area contributed by atoms with Crippen molar-refractivity contribution >= 4 is 17.5 Å². The van der Waals surface area contributed by atoms with Crippen LogP contribution in [0.2, 0.25) is 0 Å². The van der Waals surface area contributed by atoms with Gasteiger partial charge in [0, 0.05) is 18.2 Å². The van der Waals surface area contributed by atoms with Gasteiger partial charge in [-0.3, -0.25) is 0 Å². The lowest BCUT2D eigenvalue weighted by atomic mass is 10.2. The van der Waals surface area contributed by atoms with Crippen LogP contribution in [0.5, 0.6) is 5.75 Å². The number of aromatic nitrogens is 1. The summed E-state index contributed by atoms with van der Waals surface area (Å²) in [5.74, 6) is 1.58. The molecular weight excluding hydrogens is 292 g/mol. The first-order valence-corrected chi connectivity index (χ1v) is 7.64. The van der Waals surface area contributed by atoms with Crippen molar-refractivity contribution in [3.8, 4) is 5.75 Å². The zero-order valence-electron chi connectivity index (χ0n) is 13.0. The molecule has 3 rings (SSSR count). The molecular formula is C17H20N4O2. The number of methoxy groups -OCH3 is 1. The molecule has 1 aromatic heterocycles. The summed E-state index contributed by atoms with van der Waals surface area (Å²) in [5.41, 5.74) is 1.73. The van der Waals surface area contributed by atoms with E-state index in [4.69, 9.17) is 4.74 Å². The molecule has 0 unspecified atom stereocenters. The predicted octanol–water partition coefficient (Wildman–Crippen LogP) is 2.99. The van der Waals surface area contributed by atoms with Crippen LogP contribution in [0.4, 0.5) is 16.3 Å². The summed E-state index contributed by atoms with van der Waals surface area (Å²) in [5, 5.41) is 8.88. The second-order valence-electron chi connectivity index (χ2n) is 5.47. The van der Waals surface area contributed by atoms with Gasteiger partial charge in [0.1, 0.15) is 11.6 Å². The van der Waals surface area contributed by atoms with Crippen molar-refractivity contribution in [3.05, 3.63) is 48.2 Å². The topological polar surface area (TPSA) is 75.3 Å². The number of hydrogen-bond donors (Lipinski definition) is 3. The first-order chi connectivity index (χ1) is 11.2. The van der Waals surface area contributed by atoms with E-state index in [0.717, 1.165) is 30.0 Å². The second kappa shape index (κ2) is 7.00. The van der Waals surface area contributed by atoms with Crippen molar-refractivity contribution < 1.29 is 9.53 Å². The Balaban J connectivity index is 1.53. The Kier molecular flexibility index (Phi) is 4.61. The third-order valence-corrected chi connectivity index (χ3v) is 3.59. The Morgan fingerprint density at radius 1 is 1.26 bits per heavy atom. The fraction of sp³-hybridized carbons (Fsp3) is 0.294. The van der Waals surface area contributed by atoms with Crippen LogP contribution in [0.1, 0.15) is 18.4 Å². The molecule has 6 nitrogen and oxygen atoms in total. The van der Waals surface area contributed by atoms with Crippen molar-refractivity contribution in [2.75, 3.05) is 17.7 Å². The quantitative estimate of drug-likeness (QED) is 0.766. The molecule has 0 saturated heterocycles. The molecule has 0 atom stereocenters. The summed E-state index contributed by atoms with van der Waals surface area (Å²) in [6, 6.07) is 11.7. The van der Waals surface area contributed by atoms with Gasteiger partial charge in [-0.1, -0.05) is 18.2 Å². The number of ether oxygens (including phenoxy) is 1. The number of nitrogens with one attached hydrogen (secondary N) is 3. The predicted molar refractivity (Wildman–Crippen MR) is 89.7 cm³/mol. The van der Waals surface area contributed by atoms with Gasteiger partial charge in [0.15, 0.2) is 0 Å². The van der Waals surface area contributed by atoms with E-state index in [2.05, 4.69) is 20.9 Å². The van der Waals surface area contributed by atoms with Crippen molar-refractivity contribution in [3.63, 3.8) is 0 Å². The van der Waals surface area contributed by atoms with Gasteiger partial charge in [-0.05, 0) is 31.0 Å². The lowest BCUT2D eigenvalue weighted by Crippen LogP contribution is -2.30. The normalized spacial score (nSPS) is 13.3. The van der Waals surface area contributed by atoms with Crippen LogP contribution >= 0.6 is 0 Å². The molecule has 1 fully saturated rings. The summed E-state index contributed by atoms with van der Waals surface area (Å²) in [7, 11) is 1.66. The Morgan fingerprint density at radius 2 is 2.09 bits per heavy atom.